The molecule has 0 spiro atoms. The van der Waals surface area contributed by atoms with Crippen LogP contribution < -0.4 is 10.6 Å². The molecule has 0 aromatic heterocycles. The molecule has 3 N–H and O–H groups in total. The number of rotatable bonds is 42. The van der Waals surface area contributed by atoms with Gasteiger partial charge in [-0.1, -0.05) is 200 Å². The average Bonchev–Trinajstić information content (AvgIpc) is 3.74. The van der Waals surface area contributed by atoms with Gasteiger partial charge in [0, 0.05) is 19.6 Å². The lowest BCUT2D eigenvalue weighted by molar-refractivity contribution is -0.160. The molecule has 8 nitrogen and oxygen atoms in total. The highest BCUT2D eigenvalue weighted by molar-refractivity contribution is 5.88. The Kier molecular flexibility index (Phi) is 31.8. The van der Waals surface area contributed by atoms with Gasteiger partial charge in [-0.05, 0) is 53.4 Å². The number of carbonyl (C=O) groups is 3. The van der Waals surface area contributed by atoms with E-state index in [1.165, 1.54) is 167 Å². The lowest BCUT2D eigenvalue weighted by Gasteiger charge is -2.31. The van der Waals surface area contributed by atoms with E-state index in [4.69, 9.17) is 9.47 Å². The minimum Gasteiger partial charge on any atom is -0.462 e. The van der Waals surface area contributed by atoms with Crippen LogP contribution in [-0.4, -0.2) is 59.9 Å². The maximum absolute atomic E-state index is 13.4. The SMILES string of the molecule is CCCCCCCCCCCCCCCCCCNC(=O)C(COC(=O)C1(C)CC1(C)OC(C)(C)CCO)NC(=O)CCCCCCCCCCCCCCCCC. The van der Waals surface area contributed by atoms with Crippen molar-refractivity contribution in [3.63, 3.8) is 0 Å². The standard InChI is InChI=1S/C50H96N2O6/c1-7-9-11-13-15-17-19-21-23-25-27-29-31-33-35-37-40-51-46(55)44(42-57-47(56)49(5)43-50(49,6)58-48(3,4)39-41-53)52-45(54)38-36-34-32-30-28-26-24-22-20-18-16-14-12-10-8-2/h44,53H,7-43H2,1-6H3,(H,51,55)(H,52,54). The zero-order valence-electron chi connectivity index (χ0n) is 39.2. The second-order valence-corrected chi connectivity index (χ2v) is 19.1. The maximum Gasteiger partial charge on any atom is 0.314 e. The van der Waals surface area contributed by atoms with Crippen LogP contribution in [0.3, 0.4) is 0 Å². The fourth-order valence-corrected chi connectivity index (χ4v) is 8.43. The fraction of sp³-hybridized carbons (Fsp3) is 0.940. The van der Waals surface area contributed by atoms with Gasteiger partial charge in [-0.25, -0.2) is 0 Å². The van der Waals surface area contributed by atoms with Gasteiger partial charge in [-0.3, -0.25) is 14.4 Å². The van der Waals surface area contributed by atoms with Crippen molar-refractivity contribution < 1.29 is 29.0 Å². The Hall–Kier alpha value is -1.67. The highest BCUT2D eigenvalue weighted by Gasteiger charge is 2.69. The molecule has 8 heteroatoms. The van der Waals surface area contributed by atoms with E-state index in [0.717, 1.165) is 32.1 Å². The molecule has 342 valence electrons. The van der Waals surface area contributed by atoms with Crippen molar-refractivity contribution in [1.82, 2.24) is 10.6 Å². The Morgan fingerprint density at radius 1 is 0.603 bits per heavy atom. The molecule has 1 aliphatic carbocycles. The van der Waals surface area contributed by atoms with Crippen LogP contribution in [0, 0.1) is 5.41 Å². The fourth-order valence-electron chi connectivity index (χ4n) is 8.43. The molecule has 0 aliphatic heterocycles. The normalized spacial score (nSPS) is 18.3. The highest BCUT2D eigenvalue weighted by atomic mass is 16.6. The molecule has 3 unspecified atom stereocenters. The highest BCUT2D eigenvalue weighted by Crippen LogP contribution is 2.60. The summed E-state index contributed by atoms with van der Waals surface area (Å²) < 4.78 is 12.0. The number of nitrogens with one attached hydrogen (secondary N) is 2. The molecule has 0 aromatic carbocycles. The predicted octanol–water partition coefficient (Wildman–Crippen LogP) is 13.0. The van der Waals surface area contributed by atoms with E-state index in [1.807, 2.05) is 27.7 Å². The van der Waals surface area contributed by atoms with Crippen molar-refractivity contribution >= 4 is 17.8 Å². The molecule has 3 atom stereocenters. The zero-order valence-corrected chi connectivity index (χ0v) is 39.2. The van der Waals surface area contributed by atoms with Crippen molar-refractivity contribution in [2.75, 3.05) is 19.8 Å². The first-order chi connectivity index (χ1) is 27.9. The molecule has 58 heavy (non-hydrogen) atoms. The summed E-state index contributed by atoms with van der Waals surface area (Å²) in [4.78, 5) is 39.7. The van der Waals surface area contributed by atoms with E-state index in [1.54, 1.807) is 0 Å². The summed E-state index contributed by atoms with van der Waals surface area (Å²) in [6.07, 6.45) is 41.1. The van der Waals surface area contributed by atoms with Crippen molar-refractivity contribution in [3.8, 4) is 0 Å². The third kappa shape index (κ3) is 26.5. The van der Waals surface area contributed by atoms with Crippen LogP contribution in [0.2, 0.25) is 0 Å². The van der Waals surface area contributed by atoms with E-state index in [-0.39, 0.29) is 25.0 Å². The van der Waals surface area contributed by atoms with E-state index in [9.17, 15) is 19.5 Å². The Morgan fingerprint density at radius 3 is 1.38 bits per heavy atom. The van der Waals surface area contributed by atoms with Crippen molar-refractivity contribution in [1.29, 1.82) is 0 Å². The van der Waals surface area contributed by atoms with Gasteiger partial charge in [-0.2, -0.15) is 0 Å². The van der Waals surface area contributed by atoms with Crippen LogP contribution in [0.4, 0.5) is 0 Å². The van der Waals surface area contributed by atoms with Crippen molar-refractivity contribution in [2.24, 2.45) is 5.41 Å². The monoisotopic (exact) mass is 821 g/mol. The summed E-state index contributed by atoms with van der Waals surface area (Å²) >= 11 is 0. The van der Waals surface area contributed by atoms with Gasteiger partial charge in [0.15, 0.2) is 0 Å². The average molecular weight is 821 g/mol. The predicted molar refractivity (Wildman–Crippen MR) is 243 cm³/mol. The lowest BCUT2D eigenvalue weighted by atomic mass is 10.0. The van der Waals surface area contributed by atoms with Gasteiger partial charge in [0.05, 0.1) is 16.6 Å². The van der Waals surface area contributed by atoms with Crippen LogP contribution in [0.15, 0.2) is 0 Å². The summed E-state index contributed by atoms with van der Waals surface area (Å²) in [7, 11) is 0. The van der Waals surface area contributed by atoms with Gasteiger partial charge < -0.3 is 25.2 Å². The molecule has 2 amide bonds. The second-order valence-electron chi connectivity index (χ2n) is 19.1. The minimum atomic E-state index is -0.936. The number of aliphatic hydroxyl groups excluding tert-OH is 1. The van der Waals surface area contributed by atoms with E-state index < -0.39 is 28.6 Å². The molecule has 0 aromatic rings. The number of amides is 2. The summed E-state index contributed by atoms with van der Waals surface area (Å²) in [5.41, 5.74) is -2.16. The maximum atomic E-state index is 13.4. The first-order valence-corrected chi connectivity index (χ1v) is 25.0. The number of aliphatic hydroxyl groups is 1. The first kappa shape index (κ1) is 54.3. The molecule has 1 saturated carbocycles. The van der Waals surface area contributed by atoms with Gasteiger partial charge in [0.2, 0.25) is 11.8 Å². The Labute approximate surface area is 358 Å². The van der Waals surface area contributed by atoms with Gasteiger partial charge in [0.1, 0.15) is 12.6 Å². The summed E-state index contributed by atoms with van der Waals surface area (Å²) in [6, 6.07) is -0.936. The van der Waals surface area contributed by atoms with E-state index in [2.05, 4.69) is 24.5 Å². The molecule has 1 fully saturated rings. The summed E-state index contributed by atoms with van der Waals surface area (Å²) in [5, 5.41) is 15.3. The summed E-state index contributed by atoms with van der Waals surface area (Å²) in [6.45, 7) is 12.4. The quantitative estimate of drug-likeness (QED) is 0.0417. The molecule has 0 heterocycles. The second kappa shape index (κ2) is 34.0. The largest absolute Gasteiger partial charge is 0.462 e. The molecular weight excluding hydrogens is 725 g/mol. The van der Waals surface area contributed by atoms with Crippen molar-refractivity contribution in [3.05, 3.63) is 0 Å². The molecule has 0 bridgehead atoms. The number of ether oxygens (including phenoxy) is 2. The zero-order chi connectivity index (χ0) is 42.8. The summed E-state index contributed by atoms with van der Waals surface area (Å²) in [5.74, 6) is -0.908. The van der Waals surface area contributed by atoms with Crippen LogP contribution in [0.25, 0.3) is 0 Å². The van der Waals surface area contributed by atoms with Crippen LogP contribution in [0.5, 0.6) is 0 Å². The third-order valence-electron chi connectivity index (χ3n) is 12.8. The minimum absolute atomic E-state index is 0.000426. The number of hydrogen-bond donors (Lipinski definition) is 3. The van der Waals surface area contributed by atoms with Gasteiger partial charge in [0.25, 0.3) is 0 Å². The lowest BCUT2D eigenvalue weighted by Crippen LogP contribution is -2.50. The number of carbonyl (C=O) groups excluding carboxylic acids is 3. The molecule has 1 aliphatic rings. The Bertz CT molecular complexity index is 1040. The number of hydrogen-bond acceptors (Lipinski definition) is 6. The smallest absolute Gasteiger partial charge is 0.314 e. The third-order valence-corrected chi connectivity index (χ3v) is 12.8. The van der Waals surface area contributed by atoms with Crippen LogP contribution in [0.1, 0.15) is 260 Å². The molecule has 1 rings (SSSR count). The van der Waals surface area contributed by atoms with E-state index in [0.29, 0.717) is 25.8 Å². The van der Waals surface area contributed by atoms with Gasteiger partial charge in [-0.15, -0.1) is 0 Å². The molecule has 0 saturated heterocycles. The topological polar surface area (TPSA) is 114 Å². The molecule has 0 radical (unpaired) electrons. The number of unbranched alkanes of at least 4 members (excludes halogenated alkanes) is 29. The van der Waals surface area contributed by atoms with Crippen LogP contribution >= 0.6 is 0 Å². The Balaban J connectivity index is 2.39. The number of esters is 1. The first-order valence-electron chi connectivity index (χ1n) is 25.0. The van der Waals surface area contributed by atoms with E-state index >= 15 is 0 Å². The van der Waals surface area contributed by atoms with Gasteiger partial charge >= 0.3 is 5.97 Å². The Morgan fingerprint density at radius 2 is 0.983 bits per heavy atom. The molecular formula is C50H96N2O6. The van der Waals surface area contributed by atoms with Crippen molar-refractivity contribution in [2.45, 2.75) is 277 Å². The van der Waals surface area contributed by atoms with Crippen LogP contribution in [-0.2, 0) is 23.9 Å².